The molecule has 1 amide bonds. The summed E-state index contributed by atoms with van der Waals surface area (Å²) in [7, 11) is 0. The molecule has 0 aliphatic heterocycles. The average molecular weight is 336 g/mol. The summed E-state index contributed by atoms with van der Waals surface area (Å²) in [6.45, 7) is 6.27. The second-order valence-corrected chi connectivity index (χ2v) is 6.12. The molecule has 0 unspecified atom stereocenters. The van der Waals surface area contributed by atoms with Crippen LogP contribution in [0.25, 0.3) is 0 Å². The van der Waals surface area contributed by atoms with E-state index in [1.54, 1.807) is 6.20 Å². The summed E-state index contributed by atoms with van der Waals surface area (Å²) in [6, 6.07) is 0.286. The van der Waals surface area contributed by atoms with E-state index in [0.717, 1.165) is 18.5 Å². The van der Waals surface area contributed by atoms with Gasteiger partial charge in [-0.05, 0) is 19.8 Å². The van der Waals surface area contributed by atoms with Crippen molar-refractivity contribution in [1.29, 1.82) is 0 Å². The maximum Gasteiger partial charge on any atom is 0.355 e. The van der Waals surface area contributed by atoms with E-state index < -0.39 is 5.97 Å². The third-order valence-electron chi connectivity index (χ3n) is 3.75. The molecule has 0 bridgehead atoms. The SMILES string of the molecule is CCC(CC)n1ncc(C(=O)NCc2nc(C(=O)O)cs2)c1C. The molecule has 2 aromatic rings. The van der Waals surface area contributed by atoms with Gasteiger partial charge < -0.3 is 10.4 Å². The van der Waals surface area contributed by atoms with Crippen LogP contribution in [0.5, 0.6) is 0 Å². The third kappa shape index (κ3) is 3.76. The number of hydrogen-bond donors (Lipinski definition) is 2. The topological polar surface area (TPSA) is 97.1 Å². The second kappa shape index (κ2) is 7.36. The molecule has 0 aromatic carbocycles. The molecule has 0 spiro atoms. The summed E-state index contributed by atoms with van der Waals surface area (Å²) >= 11 is 1.21. The fourth-order valence-corrected chi connectivity index (χ4v) is 3.10. The van der Waals surface area contributed by atoms with E-state index in [0.29, 0.717) is 10.6 Å². The van der Waals surface area contributed by atoms with Gasteiger partial charge in [-0.25, -0.2) is 9.78 Å². The highest BCUT2D eigenvalue weighted by molar-refractivity contribution is 7.09. The van der Waals surface area contributed by atoms with Crippen LogP contribution in [0, 0.1) is 6.92 Å². The van der Waals surface area contributed by atoms with Gasteiger partial charge in [0.15, 0.2) is 5.69 Å². The lowest BCUT2D eigenvalue weighted by molar-refractivity contribution is 0.0691. The van der Waals surface area contributed by atoms with Gasteiger partial charge in [-0.15, -0.1) is 11.3 Å². The molecule has 8 heteroatoms. The van der Waals surface area contributed by atoms with Crippen molar-refractivity contribution >= 4 is 23.2 Å². The van der Waals surface area contributed by atoms with Gasteiger partial charge in [-0.3, -0.25) is 9.48 Å². The van der Waals surface area contributed by atoms with Crippen LogP contribution >= 0.6 is 11.3 Å². The fourth-order valence-electron chi connectivity index (χ4n) is 2.39. The first-order chi connectivity index (χ1) is 11.0. The molecule has 0 atom stereocenters. The Morgan fingerprint density at radius 2 is 2.09 bits per heavy atom. The van der Waals surface area contributed by atoms with E-state index in [1.807, 2.05) is 11.6 Å². The molecule has 2 rings (SSSR count). The Bertz CT molecular complexity index is 703. The number of aromatic nitrogens is 3. The summed E-state index contributed by atoms with van der Waals surface area (Å²) in [5.74, 6) is -1.30. The number of carbonyl (C=O) groups excluding carboxylic acids is 1. The van der Waals surface area contributed by atoms with Crippen molar-refractivity contribution in [2.75, 3.05) is 0 Å². The first-order valence-electron chi connectivity index (χ1n) is 7.47. The van der Waals surface area contributed by atoms with E-state index in [-0.39, 0.29) is 24.2 Å². The first-order valence-corrected chi connectivity index (χ1v) is 8.35. The zero-order chi connectivity index (χ0) is 17.0. The summed E-state index contributed by atoms with van der Waals surface area (Å²) in [4.78, 5) is 27.0. The van der Waals surface area contributed by atoms with Crippen molar-refractivity contribution in [2.24, 2.45) is 0 Å². The average Bonchev–Trinajstić information content (AvgIpc) is 3.14. The molecule has 0 aliphatic rings. The van der Waals surface area contributed by atoms with E-state index in [9.17, 15) is 9.59 Å². The highest BCUT2D eigenvalue weighted by Gasteiger charge is 2.18. The summed E-state index contributed by atoms with van der Waals surface area (Å²) in [5.41, 5.74) is 1.37. The number of nitrogens with one attached hydrogen (secondary N) is 1. The number of amides is 1. The van der Waals surface area contributed by atoms with Gasteiger partial charge in [0.05, 0.1) is 24.3 Å². The Balaban J connectivity index is 2.04. The van der Waals surface area contributed by atoms with Gasteiger partial charge >= 0.3 is 5.97 Å². The third-order valence-corrected chi connectivity index (χ3v) is 4.60. The maximum atomic E-state index is 12.3. The molecule has 23 heavy (non-hydrogen) atoms. The van der Waals surface area contributed by atoms with Crippen LogP contribution in [-0.2, 0) is 6.54 Å². The van der Waals surface area contributed by atoms with E-state index in [1.165, 1.54) is 16.7 Å². The Hall–Kier alpha value is -2.22. The Labute approximate surface area is 138 Å². The minimum Gasteiger partial charge on any atom is -0.476 e. The van der Waals surface area contributed by atoms with Crippen molar-refractivity contribution in [3.63, 3.8) is 0 Å². The molecular weight excluding hydrogens is 316 g/mol. The van der Waals surface area contributed by atoms with Gasteiger partial charge in [0, 0.05) is 11.1 Å². The number of aromatic carboxylic acids is 1. The smallest absolute Gasteiger partial charge is 0.355 e. The van der Waals surface area contributed by atoms with Crippen molar-refractivity contribution in [3.8, 4) is 0 Å². The zero-order valence-electron chi connectivity index (χ0n) is 13.4. The molecule has 0 saturated heterocycles. The number of nitrogens with zero attached hydrogens (tertiary/aromatic N) is 3. The molecule has 2 heterocycles. The minimum atomic E-state index is -1.07. The van der Waals surface area contributed by atoms with Gasteiger partial charge in [0.1, 0.15) is 5.01 Å². The molecule has 2 aromatic heterocycles. The zero-order valence-corrected chi connectivity index (χ0v) is 14.2. The summed E-state index contributed by atoms with van der Waals surface area (Å²) in [5, 5.41) is 17.9. The predicted octanol–water partition coefficient (Wildman–Crippen LogP) is 2.64. The number of thiazole rings is 1. The fraction of sp³-hybridized carbons (Fsp3) is 0.467. The van der Waals surface area contributed by atoms with Gasteiger partial charge in [-0.1, -0.05) is 13.8 Å². The van der Waals surface area contributed by atoms with Gasteiger partial charge in [0.25, 0.3) is 5.91 Å². The molecule has 124 valence electrons. The molecule has 2 N–H and O–H groups in total. The summed E-state index contributed by atoms with van der Waals surface area (Å²) in [6.07, 6.45) is 3.49. The van der Waals surface area contributed by atoms with Crippen molar-refractivity contribution in [3.05, 3.63) is 33.5 Å². The molecular formula is C15H20N4O3S. The number of carboxylic acid groups (broad SMARTS) is 1. The van der Waals surface area contributed by atoms with Crippen LogP contribution in [0.1, 0.15) is 64.3 Å². The van der Waals surface area contributed by atoms with Crippen LogP contribution in [0.15, 0.2) is 11.6 Å². The normalized spacial score (nSPS) is 11.0. The Morgan fingerprint density at radius 3 is 2.65 bits per heavy atom. The Morgan fingerprint density at radius 1 is 1.39 bits per heavy atom. The first kappa shape index (κ1) is 17.1. The lowest BCUT2D eigenvalue weighted by Gasteiger charge is -2.15. The Kier molecular flexibility index (Phi) is 5.49. The number of carbonyl (C=O) groups is 2. The van der Waals surface area contributed by atoms with E-state index in [2.05, 4.69) is 29.2 Å². The van der Waals surface area contributed by atoms with Crippen LogP contribution in [0.4, 0.5) is 0 Å². The van der Waals surface area contributed by atoms with Crippen molar-refractivity contribution < 1.29 is 14.7 Å². The van der Waals surface area contributed by atoms with Crippen LogP contribution < -0.4 is 5.32 Å². The largest absolute Gasteiger partial charge is 0.476 e. The van der Waals surface area contributed by atoms with Crippen LogP contribution in [0.3, 0.4) is 0 Å². The number of carboxylic acids is 1. The lowest BCUT2D eigenvalue weighted by atomic mass is 10.1. The number of rotatable bonds is 7. The predicted molar refractivity (Wildman–Crippen MR) is 86.8 cm³/mol. The molecule has 0 saturated carbocycles. The van der Waals surface area contributed by atoms with Gasteiger partial charge in [-0.2, -0.15) is 5.10 Å². The van der Waals surface area contributed by atoms with E-state index >= 15 is 0 Å². The standard InChI is InChI=1S/C15H20N4O3S/c1-4-10(5-2)19-9(3)11(6-17-19)14(20)16-7-13-18-12(8-23-13)15(21)22/h6,8,10H,4-5,7H2,1-3H3,(H,16,20)(H,21,22). The molecule has 0 fully saturated rings. The van der Waals surface area contributed by atoms with Crippen molar-refractivity contribution in [1.82, 2.24) is 20.1 Å². The molecule has 7 nitrogen and oxygen atoms in total. The monoisotopic (exact) mass is 336 g/mol. The molecule has 0 aliphatic carbocycles. The van der Waals surface area contributed by atoms with Crippen LogP contribution in [-0.4, -0.2) is 31.7 Å². The quantitative estimate of drug-likeness (QED) is 0.810. The summed E-state index contributed by atoms with van der Waals surface area (Å²) < 4.78 is 1.89. The number of hydrogen-bond acceptors (Lipinski definition) is 5. The maximum absolute atomic E-state index is 12.3. The highest BCUT2D eigenvalue weighted by atomic mass is 32.1. The highest BCUT2D eigenvalue weighted by Crippen LogP contribution is 2.19. The van der Waals surface area contributed by atoms with E-state index in [4.69, 9.17) is 5.11 Å². The van der Waals surface area contributed by atoms with Gasteiger partial charge in [0.2, 0.25) is 0 Å². The minimum absolute atomic E-state index is 0.00279. The molecule has 0 radical (unpaired) electrons. The van der Waals surface area contributed by atoms with Crippen LogP contribution in [0.2, 0.25) is 0 Å². The van der Waals surface area contributed by atoms with Crippen molar-refractivity contribution in [2.45, 2.75) is 46.2 Å². The lowest BCUT2D eigenvalue weighted by Crippen LogP contribution is -2.23. The second-order valence-electron chi connectivity index (χ2n) is 5.17.